The van der Waals surface area contributed by atoms with Gasteiger partial charge in [0.25, 0.3) is 0 Å². The highest BCUT2D eigenvalue weighted by Gasteiger charge is 2.41. The molecule has 0 aromatic carbocycles. The smallest absolute Gasteiger partial charge is 0.169 e. The third-order valence-electron chi connectivity index (χ3n) is 4.46. The van der Waals surface area contributed by atoms with Gasteiger partial charge in [0.15, 0.2) is 5.79 Å². The third-order valence-corrected chi connectivity index (χ3v) is 4.46. The van der Waals surface area contributed by atoms with Gasteiger partial charge in [-0.15, -0.1) is 0 Å². The molecular formula is C18H38O2. The fraction of sp³-hybridized carbons (Fsp3) is 1.00. The maximum atomic E-state index is 6.36. The normalized spacial score (nSPS) is 27.1. The fourth-order valence-corrected chi connectivity index (χ4v) is 2.86. The first-order chi connectivity index (χ1) is 9.34. The molecule has 0 aromatic rings. The van der Waals surface area contributed by atoms with Crippen LogP contribution in [0, 0.1) is 11.8 Å². The van der Waals surface area contributed by atoms with E-state index in [-0.39, 0.29) is 11.4 Å². The molecule has 1 fully saturated rings. The summed E-state index contributed by atoms with van der Waals surface area (Å²) >= 11 is 0. The molecule has 2 nitrogen and oxygen atoms in total. The number of hydrogen-bond acceptors (Lipinski definition) is 2. The Labute approximate surface area is 127 Å². The lowest BCUT2D eigenvalue weighted by Gasteiger charge is -2.45. The van der Waals surface area contributed by atoms with Gasteiger partial charge in [0.1, 0.15) is 0 Å². The molecule has 1 aliphatic rings. The predicted octanol–water partition coefficient (Wildman–Crippen LogP) is 5.80. The molecule has 0 heterocycles. The second kappa shape index (κ2) is 9.04. The monoisotopic (exact) mass is 286 g/mol. The van der Waals surface area contributed by atoms with Gasteiger partial charge in [0, 0.05) is 19.4 Å². The van der Waals surface area contributed by atoms with Crippen molar-refractivity contribution < 1.29 is 9.47 Å². The summed E-state index contributed by atoms with van der Waals surface area (Å²) in [7, 11) is 0. The Kier molecular flexibility index (Phi) is 9.01. The topological polar surface area (TPSA) is 18.5 Å². The summed E-state index contributed by atoms with van der Waals surface area (Å²) in [4.78, 5) is 0. The Morgan fingerprint density at radius 2 is 1.60 bits per heavy atom. The molecule has 0 bridgehead atoms. The van der Waals surface area contributed by atoms with Crippen molar-refractivity contribution in [2.24, 2.45) is 11.8 Å². The summed E-state index contributed by atoms with van der Waals surface area (Å²) in [6.45, 7) is 18.0. The first kappa shape index (κ1) is 19.9. The van der Waals surface area contributed by atoms with E-state index < -0.39 is 0 Å². The Morgan fingerprint density at radius 3 is 1.95 bits per heavy atom. The molecule has 0 aromatic heterocycles. The van der Waals surface area contributed by atoms with Gasteiger partial charge in [-0.3, -0.25) is 0 Å². The van der Waals surface area contributed by atoms with E-state index in [9.17, 15) is 0 Å². The average molecular weight is 286 g/mol. The van der Waals surface area contributed by atoms with Crippen LogP contribution in [0.3, 0.4) is 0 Å². The van der Waals surface area contributed by atoms with E-state index in [0.29, 0.717) is 0 Å². The third kappa shape index (κ3) is 6.13. The van der Waals surface area contributed by atoms with Crippen LogP contribution in [-0.2, 0) is 9.47 Å². The Balaban J connectivity index is 0.00000172. The van der Waals surface area contributed by atoms with Crippen molar-refractivity contribution in [1.29, 1.82) is 0 Å². The molecule has 0 radical (unpaired) electrons. The van der Waals surface area contributed by atoms with Gasteiger partial charge in [-0.05, 0) is 51.9 Å². The Bertz CT molecular complexity index is 238. The van der Waals surface area contributed by atoms with Crippen LogP contribution in [-0.4, -0.2) is 18.0 Å². The molecule has 0 N–H and O–H groups in total. The van der Waals surface area contributed by atoms with Gasteiger partial charge < -0.3 is 9.47 Å². The zero-order valence-corrected chi connectivity index (χ0v) is 15.2. The van der Waals surface area contributed by atoms with Crippen molar-refractivity contribution in [2.45, 2.75) is 98.9 Å². The van der Waals surface area contributed by atoms with Gasteiger partial charge in [-0.1, -0.05) is 34.6 Å². The van der Waals surface area contributed by atoms with E-state index in [2.05, 4.69) is 41.5 Å². The minimum Gasteiger partial charge on any atom is -0.350 e. The van der Waals surface area contributed by atoms with Crippen molar-refractivity contribution >= 4 is 0 Å². The van der Waals surface area contributed by atoms with Crippen LogP contribution in [0.5, 0.6) is 0 Å². The SMILES string of the molecule is CC.CCOC1(OC(C)(C)CC)CCC(C(C)C)CC1. The van der Waals surface area contributed by atoms with Gasteiger partial charge in [0.2, 0.25) is 0 Å². The highest BCUT2D eigenvalue weighted by molar-refractivity contribution is 4.84. The zero-order chi connectivity index (χ0) is 15.8. The summed E-state index contributed by atoms with van der Waals surface area (Å²) in [5.74, 6) is 1.30. The molecule has 2 heteroatoms. The van der Waals surface area contributed by atoms with Gasteiger partial charge in [-0.25, -0.2) is 0 Å². The van der Waals surface area contributed by atoms with E-state index in [1.165, 1.54) is 12.8 Å². The molecule has 0 spiro atoms. The molecule has 0 saturated heterocycles. The highest BCUT2D eigenvalue weighted by atomic mass is 16.7. The van der Waals surface area contributed by atoms with Gasteiger partial charge >= 0.3 is 0 Å². The number of rotatable bonds is 6. The summed E-state index contributed by atoms with van der Waals surface area (Å²) in [5.41, 5.74) is -0.0835. The van der Waals surface area contributed by atoms with Gasteiger partial charge in [0.05, 0.1) is 5.60 Å². The average Bonchev–Trinajstić information content (AvgIpc) is 2.41. The predicted molar refractivity (Wildman–Crippen MR) is 88.0 cm³/mol. The molecule has 1 aliphatic carbocycles. The molecule has 0 aliphatic heterocycles. The van der Waals surface area contributed by atoms with Crippen molar-refractivity contribution in [3.05, 3.63) is 0 Å². The number of hydrogen-bond donors (Lipinski definition) is 0. The molecule has 122 valence electrons. The lowest BCUT2D eigenvalue weighted by atomic mass is 9.78. The maximum Gasteiger partial charge on any atom is 0.169 e. The number of ether oxygens (including phenoxy) is 2. The first-order valence-electron chi connectivity index (χ1n) is 8.68. The Hall–Kier alpha value is -0.0800. The largest absolute Gasteiger partial charge is 0.350 e. The second-order valence-electron chi connectivity index (χ2n) is 6.64. The quantitative estimate of drug-likeness (QED) is 0.575. The van der Waals surface area contributed by atoms with Crippen molar-refractivity contribution in [3.63, 3.8) is 0 Å². The standard InChI is InChI=1S/C16H32O2.C2H6/c1-7-15(5,6)18-16(17-8-2)11-9-14(10-12-16)13(3)4;1-2/h13-14H,7-12H2,1-6H3;1-2H3. The van der Waals surface area contributed by atoms with E-state index in [0.717, 1.165) is 37.7 Å². The van der Waals surface area contributed by atoms with E-state index >= 15 is 0 Å². The maximum absolute atomic E-state index is 6.36. The van der Waals surface area contributed by atoms with Crippen LogP contribution < -0.4 is 0 Å². The van der Waals surface area contributed by atoms with Crippen molar-refractivity contribution in [1.82, 2.24) is 0 Å². The highest BCUT2D eigenvalue weighted by Crippen LogP contribution is 2.41. The molecular weight excluding hydrogens is 248 g/mol. The molecule has 1 saturated carbocycles. The fourth-order valence-electron chi connectivity index (χ4n) is 2.86. The van der Waals surface area contributed by atoms with Crippen molar-refractivity contribution in [2.75, 3.05) is 6.61 Å². The molecule has 0 amide bonds. The van der Waals surface area contributed by atoms with E-state index in [4.69, 9.17) is 9.47 Å². The lowest BCUT2D eigenvalue weighted by Crippen LogP contribution is -2.46. The second-order valence-corrected chi connectivity index (χ2v) is 6.64. The van der Waals surface area contributed by atoms with Crippen LogP contribution in [0.4, 0.5) is 0 Å². The van der Waals surface area contributed by atoms with Gasteiger partial charge in [-0.2, -0.15) is 0 Å². The first-order valence-corrected chi connectivity index (χ1v) is 8.68. The summed E-state index contributed by atoms with van der Waals surface area (Å²) in [5, 5.41) is 0. The van der Waals surface area contributed by atoms with E-state index in [1.807, 2.05) is 13.8 Å². The Morgan fingerprint density at radius 1 is 1.10 bits per heavy atom. The van der Waals surface area contributed by atoms with Crippen molar-refractivity contribution in [3.8, 4) is 0 Å². The van der Waals surface area contributed by atoms with Crippen LogP contribution in [0.15, 0.2) is 0 Å². The van der Waals surface area contributed by atoms with Crippen LogP contribution in [0.1, 0.15) is 87.5 Å². The molecule has 20 heavy (non-hydrogen) atoms. The lowest BCUT2D eigenvalue weighted by molar-refractivity contribution is -0.297. The molecule has 0 atom stereocenters. The summed E-state index contributed by atoms with van der Waals surface area (Å²) < 4.78 is 12.4. The minimum atomic E-state index is -0.320. The summed E-state index contributed by atoms with van der Waals surface area (Å²) in [6.07, 6.45) is 5.59. The molecule has 1 rings (SSSR count). The van der Waals surface area contributed by atoms with Crippen LogP contribution in [0.2, 0.25) is 0 Å². The summed E-state index contributed by atoms with van der Waals surface area (Å²) in [6, 6.07) is 0. The minimum absolute atomic E-state index is 0.0835. The zero-order valence-electron chi connectivity index (χ0n) is 15.2. The van der Waals surface area contributed by atoms with Crippen LogP contribution in [0.25, 0.3) is 0 Å². The van der Waals surface area contributed by atoms with Crippen LogP contribution >= 0.6 is 0 Å². The van der Waals surface area contributed by atoms with E-state index in [1.54, 1.807) is 0 Å². The molecule has 0 unspecified atom stereocenters.